The Bertz CT molecular complexity index is 494. The van der Waals surface area contributed by atoms with Crippen LogP contribution in [0.2, 0.25) is 0 Å². The van der Waals surface area contributed by atoms with Crippen LogP contribution >= 0.6 is 0 Å². The second-order valence-electron chi connectivity index (χ2n) is 4.60. The van der Waals surface area contributed by atoms with E-state index in [0.717, 1.165) is 16.9 Å². The molecular weight excluding hydrogens is 238 g/mol. The molecule has 2 atom stereocenters. The van der Waals surface area contributed by atoms with Crippen LogP contribution in [0.3, 0.4) is 0 Å². The fourth-order valence-electron chi connectivity index (χ4n) is 1.81. The monoisotopic (exact) mass is 257 g/mol. The summed E-state index contributed by atoms with van der Waals surface area (Å²) in [6, 6.07) is 17.1. The molecule has 2 unspecified atom stereocenters. The Labute approximate surface area is 113 Å². The van der Waals surface area contributed by atoms with E-state index >= 15 is 0 Å². The average molecular weight is 257 g/mol. The molecule has 2 aromatic carbocycles. The van der Waals surface area contributed by atoms with Crippen molar-refractivity contribution >= 4 is 0 Å². The molecule has 3 nitrogen and oxygen atoms in total. The highest BCUT2D eigenvalue weighted by molar-refractivity contribution is 5.29. The van der Waals surface area contributed by atoms with Crippen molar-refractivity contribution in [2.24, 2.45) is 5.73 Å². The van der Waals surface area contributed by atoms with Crippen LogP contribution in [-0.4, -0.2) is 11.7 Å². The van der Waals surface area contributed by atoms with Crippen LogP contribution in [-0.2, 0) is 0 Å². The number of ether oxygens (including phenoxy) is 1. The maximum absolute atomic E-state index is 9.98. The van der Waals surface area contributed by atoms with Gasteiger partial charge in [0.1, 0.15) is 18.5 Å². The predicted molar refractivity (Wildman–Crippen MR) is 75.9 cm³/mol. The van der Waals surface area contributed by atoms with E-state index in [9.17, 15) is 5.11 Å². The van der Waals surface area contributed by atoms with Crippen molar-refractivity contribution in [1.29, 1.82) is 0 Å². The molecule has 2 aromatic rings. The van der Waals surface area contributed by atoms with Crippen LogP contribution < -0.4 is 10.5 Å². The van der Waals surface area contributed by atoms with E-state index in [1.165, 1.54) is 0 Å². The number of hydrogen-bond acceptors (Lipinski definition) is 3. The second-order valence-corrected chi connectivity index (χ2v) is 4.60. The molecule has 0 spiro atoms. The van der Waals surface area contributed by atoms with Crippen molar-refractivity contribution in [2.45, 2.75) is 19.1 Å². The Hall–Kier alpha value is -1.84. The first kappa shape index (κ1) is 13.6. The van der Waals surface area contributed by atoms with Gasteiger partial charge in [-0.05, 0) is 30.2 Å². The molecule has 19 heavy (non-hydrogen) atoms. The zero-order valence-corrected chi connectivity index (χ0v) is 11.0. The van der Waals surface area contributed by atoms with E-state index in [1.54, 1.807) is 0 Å². The number of benzene rings is 2. The molecule has 0 saturated carbocycles. The molecule has 0 bridgehead atoms. The summed E-state index contributed by atoms with van der Waals surface area (Å²) in [4.78, 5) is 0. The molecule has 3 N–H and O–H groups in total. The van der Waals surface area contributed by atoms with Gasteiger partial charge < -0.3 is 15.6 Å². The van der Waals surface area contributed by atoms with Crippen LogP contribution in [0.5, 0.6) is 5.75 Å². The van der Waals surface area contributed by atoms with Crippen molar-refractivity contribution in [1.82, 2.24) is 0 Å². The van der Waals surface area contributed by atoms with E-state index in [0.29, 0.717) is 0 Å². The third-order valence-electron chi connectivity index (χ3n) is 3.00. The summed E-state index contributed by atoms with van der Waals surface area (Å²) in [7, 11) is 0. The summed E-state index contributed by atoms with van der Waals surface area (Å²) in [5.74, 6) is 0.736. The first-order chi connectivity index (χ1) is 9.16. The molecule has 0 fully saturated rings. The minimum Gasteiger partial charge on any atom is -0.491 e. The van der Waals surface area contributed by atoms with Crippen LogP contribution in [0, 0.1) is 0 Å². The van der Waals surface area contributed by atoms with E-state index in [4.69, 9.17) is 10.5 Å². The van der Waals surface area contributed by atoms with Gasteiger partial charge in [-0.2, -0.15) is 0 Å². The van der Waals surface area contributed by atoms with Gasteiger partial charge in [0.05, 0.1) is 0 Å². The number of aliphatic hydroxyl groups excluding tert-OH is 1. The fraction of sp³-hybridized carbons (Fsp3) is 0.250. The van der Waals surface area contributed by atoms with E-state index in [1.807, 2.05) is 61.5 Å². The molecule has 0 amide bonds. The van der Waals surface area contributed by atoms with Crippen molar-refractivity contribution in [3.8, 4) is 5.75 Å². The van der Waals surface area contributed by atoms with E-state index < -0.39 is 6.10 Å². The summed E-state index contributed by atoms with van der Waals surface area (Å²) in [5, 5.41) is 9.98. The van der Waals surface area contributed by atoms with E-state index in [-0.39, 0.29) is 12.6 Å². The third kappa shape index (κ3) is 3.81. The Morgan fingerprint density at radius 2 is 1.63 bits per heavy atom. The summed E-state index contributed by atoms with van der Waals surface area (Å²) in [6.07, 6.45) is -0.616. The van der Waals surface area contributed by atoms with Crippen molar-refractivity contribution in [3.05, 3.63) is 65.7 Å². The van der Waals surface area contributed by atoms with Crippen LogP contribution in [0.4, 0.5) is 0 Å². The smallest absolute Gasteiger partial charge is 0.119 e. The van der Waals surface area contributed by atoms with Crippen molar-refractivity contribution in [3.63, 3.8) is 0 Å². The van der Waals surface area contributed by atoms with Gasteiger partial charge in [-0.3, -0.25) is 0 Å². The van der Waals surface area contributed by atoms with Gasteiger partial charge in [-0.1, -0.05) is 42.5 Å². The molecule has 100 valence electrons. The van der Waals surface area contributed by atoms with Gasteiger partial charge >= 0.3 is 0 Å². The summed E-state index contributed by atoms with van der Waals surface area (Å²) >= 11 is 0. The van der Waals surface area contributed by atoms with E-state index in [2.05, 4.69) is 0 Å². The molecule has 0 heterocycles. The zero-order chi connectivity index (χ0) is 13.7. The maximum atomic E-state index is 9.98. The maximum Gasteiger partial charge on any atom is 0.119 e. The third-order valence-corrected chi connectivity index (χ3v) is 3.00. The predicted octanol–water partition coefficient (Wildman–Crippen LogP) is 2.82. The molecule has 2 rings (SSSR count). The first-order valence-corrected chi connectivity index (χ1v) is 6.38. The molecule has 0 aromatic heterocycles. The highest BCUT2D eigenvalue weighted by Gasteiger charge is 2.07. The number of nitrogens with two attached hydrogens (primary N) is 1. The minimum atomic E-state index is -0.616. The lowest BCUT2D eigenvalue weighted by Gasteiger charge is -2.13. The van der Waals surface area contributed by atoms with Crippen molar-refractivity contribution < 1.29 is 9.84 Å². The van der Waals surface area contributed by atoms with Gasteiger partial charge in [0.2, 0.25) is 0 Å². The van der Waals surface area contributed by atoms with Gasteiger partial charge in [-0.15, -0.1) is 0 Å². The van der Waals surface area contributed by atoms with Crippen molar-refractivity contribution in [2.75, 3.05) is 6.61 Å². The Morgan fingerprint density at radius 1 is 1.00 bits per heavy atom. The van der Waals surface area contributed by atoms with Gasteiger partial charge in [0.15, 0.2) is 0 Å². The Balaban J connectivity index is 1.92. The number of hydrogen-bond donors (Lipinski definition) is 2. The lowest BCUT2D eigenvalue weighted by Crippen LogP contribution is -2.10. The highest BCUT2D eigenvalue weighted by atomic mass is 16.5. The summed E-state index contributed by atoms with van der Waals surface area (Å²) < 4.78 is 5.57. The quantitative estimate of drug-likeness (QED) is 0.866. The highest BCUT2D eigenvalue weighted by Crippen LogP contribution is 2.18. The molecule has 0 aliphatic carbocycles. The molecule has 0 saturated heterocycles. The second kappa shape index (κ2) is 6.36. The molecule has 0 aliphatic rings. The largest absolute Gasteiger partial charge is 0.491 e. The standard InChI is InChI=1S/C16H19NO2/c1-12(17)13-7-9-15(10-8-13)19-11-16(18)14-5-3-2-4-6-14/h2-10,12,16,18H,11,17H2,1H3. The SMILES string of the molecule is CC(N)c1ccc(OCC(O)c2ccccc2)cc1. The number of rotatable bonds is 5. The molecule has 3 heteroatoms. The fourth-order valence-corrected chi connectivity index (χ4v) is 1.81. The normalized spacial score (nSPS) is 13.8. The molecule has 0 radical (unpaired) electrons. The molecule has 0 aliphatic heterocycles. The molecular formula is C16H19NO2. The number of aliphatic hydroxyl groups is 1. The topological polar surface area (TPSA) is 55.5 Å². The van der Waals surface area contributed by atoms with Crippen LogP contribution in [0.1, 0.15) is 30.2 Å². The summed E-state index contributed by atoms with van der Waals surface area (Å²) in [6.45, 7) is 2.18. The Kier molecular flexibility index (Phi) is 4.55. The average Bonchev–Trinajstić information content (AvgIpc) is 2.46. The lowest BCUT2D eigenvalue weighted by molar-refractivity contribution is 0.108. The van der Waals surface area contributed by atoms with Gasteiger partial charge in [0.25, 0.3) is 0 Å². The zero-order valence-electron chi connectivity index (χ0n) is 11.0. The minimum absolute atomic E-state index is 0.0176. The van der Waals surface area contributed by atoms with Gasteiger partial charge in [0, 0.05) is 6.04 Å². The Morgan fingerprint density at radius 3 is 2.21 bits per heavy atom. The van der Waals surface area contributed by atoms with Crippen LogP contribution in [0.25, 0.3) is 0 Å². The first-order valence-electron chi connectivity index (χ1n) is 6.38. The summed E-state index contributed by atoms with van der Waals surface area (Å²) in [5.41, 5.74) is 7.70. The van der Waals surface area contributed by atoms with Gasteiger partial charge in [-0.25, -0.2) is 0 Å². The van der Waals surface area contributed by atoms with Crippen LogP contribution in [0.15, 0.2) is 54.6 Å². The lowest BCUT2D eigenvalue weighted by atomic mass is 10.1.